The number of nitrogens with one attached hydrogen (secondary N) is 1. The fourth-order valence-electron chi connectivity index (χ4n) is 1.98. The number of hydrogen-bond donors (Lipinski definition) is 1. The number of esters is 1. The average Bonchev–Trinajstić information content (AvgIpc) is 2.68. The van der Waals surface area contributed by atoms with E-state index in [1.165, 1.54) is 7.11 Å². The van der Waals surface area contributed by atoms with Crippen LogP contribution in [0.15, 0.2) is 59.8 Å². The molecule has 2 rings (SSSR count). The highest BCUT2D eigenvalue weighted by Gasteiger charge is 2.08. The van der Waals surface area contributed by atoms with E-state index in [-0.39, 0.29) is 11.3 Å². The zero-order valence-electron chi connectivity index (χ0n) is 13.7. The molecule has 0 fully saturated rings. The zero-order chi connectivity index (χ0) is 18.9. The molecule has 0 aliphatic rings. The third-order valence-corrected chi connectivity index (χ3v) is 3.20. The Hall–Kier alpha value is -4.28. The lowest BCUT2D eigenvalue weighted by Gasteiger charge is -2.09. The van der Waals surface area contributed by atoms with E-state index in [2.05, 4.69) is 10.1 Å². The Morgan fingerprint density at radius 2 is 1.65 bits per heavy atom. The molecule has 0 amide bonds. The number of allylic oxidation sites excluding steroid dienone is 2. The lowest BCUT2D eigenvalue weighted by Crippen LogP contribution is -2.01. The molecular weight excluding hydrogens is 332 g/mol. The quantitative estimate of drug-likeness (QED) is 0.651. The number of carbonyl (C=O) groups is 1. The first-order valence-electron chi connectivity index (χ1n) is 7.29. The second kappa shape index (κ2) is 8.54. The molecule has 126 valence electrons. The monoisotopic (exact) mass is 344 g/mol. The molecule has 0 aliphatic carbocycles. The molecule has 7 heteroatoms. The fraction of sp³-hybridized carbons (Fsp3) is 0.0526. The Kier molecular flexibility index (Phi) is 5.93. The zero-order valence-corrected chi connectivity index (χ0v) is 13.7. The van der Waals surface area contributed by atoms with Crippen LogP contribution >= 0.6 is 0 Å². The number of carbonyl (C=O) groups excluding carboxylic acids is 1. The van der Waals surface area contributed by atoms with Crippen LogP contribution in [0, 0.1) is 34.0 Å². The summed E-state index contributed by atoms with van der Waals surface area (Å²) in [6.07, 6.45) is 0. The highest BCUT2D eigenvalue weighted by atomic mass is 16.5. The summed E-state index contributed by atoms with van der Waals surface area (Å²) in [7, 11) is 1.30. The van der Waals surface area contributed by atoms with Crippen LogP contribution in [0.3, 0.4) is 0 Å². The lowest BCUT2D eigenvalue weighted by atomic mass is 10.2. The van der Waals surface area contributed by atoms with Crippen LogP contribution in [0.1, 0.15) is 10.4 Å². The number of benzene rings is 2. The molecule has 26 heavy (non-hydrogen) atoms. The van der Waals surface area contributed by atoms with E-state index in [4.69, 9.17) is 20.5 Å². The first-order valence-corrected chi connectivity index (χ1v) is 7.29. The minimum atomic E-state index is -0.440. The van der Waals surface area contributed by atoms with E-state index < -0.39 is 5.97 Å². The van der Waals surface area contributed by atoms with Gasteiger partial charge in [-0.15, -0.1) is 0 Å². The molecule has 0 saturated heterocycles. The first kappa shape index (κ1) is 18.1. The normalized spacial score (nSPS) is 9.00. The third-order valence-electron chi connectivity index (χ3n) is 3.20. The molecule has 0 unspecified atom stereocenters. The summed E-state index contributed by atoms with van der Waals surface area (Å²) >= 11 is 0. The Bertz CT molecular complexity index is 958. The Morgan fingerprint density at radius 3 is 2.23 bits per heavy atom. The second-order valence-electron chi connectivity index (χ2n) is 4.86. The van der Waals surface area contributed by atoms with Crippen molar-refractivity contribution in [2.45, 2.75) is 0 Å². The van der Waals surface area contributed by atoms with E-state index in [0.29, 0.717) is 22.7 Å². The molecule has 2 aromatic carbocycles. The SMILES string of the molecule is COC(=O)c1ccc(Oc2cccc(NC(C#N)=C(C#N)C#N)c2)cc1. The van der Waals surface area contributed by atoms with Crippen LogP contribution in [0.4, 0.5) is 5.69 Å². The van der Waals surface area contributed by atoms with Crippen LogP contribution in [0.2, 0.25) is 0 Å². The number of methoxy groups -OCH3 is 1. The number of hydrogen-bond acceptors (Lipinski definition) is 7. The van der Waals surface area contributed by atoms with Gasteiger partial charge in [-0.2, -0.15) is 15.8 Å². The molecule has 2 aromatic rings. The Balaban J connectivity index is 2.19. The summed E-state index contributed by atoms with van der Waals surface area (Å²) in [5, 5.41) is 29.5. The first-order chi connectivity index (χ1) is 12.6. The van der Waals surface area contributed by atoms with Crippen LogP contribution in [-0.2, 0) is 4.74 Å². The van der Waals surface area contributed by atoms with Gasteiger partial charge in [0.25, 0.3) is 0 Å². The minimum Gasteiger partial charge on any atom is -0.465 e. The van der Waals surface area contributed by atoms with Gasteiger partial charge in [0.15, 0.2) is 5.57 Å². The third kappa shape index (κ3) is 4.38. The summed E-state index contributed by atoms with van der Waals surface area (Å²) in [4.78, 5) is 11.4. The molecule has 0 aliphatic heterocycles. The van der Waals surface area contributed by atoms with E-state index >= 15 is 0 Å². The van der Waals surface area contributed by atoms with Crippen LogP contribution < -0.4 is 10.1 Å². The van der Waals surface area contributed by atoms with Crippen molar-refractivity contribution in [1.29, 1.82) is 15.8 Å². The predicted molar refractivity (Wildman–Crippen MR) is 91.8 cm³/mol. The van der Waals surface area contributed by atoms with Gasteiger partial charge in [-0.1, -0.05) is 6.07 Å². The van der Waals surface area contributed by atoms with E-state index in [1.807, 2.05) is 0 Å². The number of rotatable bonds is 5. The average molecular weight is 344 g/mol. The van der Waals surface area contributed by atoms with Crippen molar-refractivity contribution in [3.63, 3.8) is 0 Å². The van der Waals surface area contributed by atoms with Gasteiger partial charge in [0, 0.05) is 11.8 Å². The molecule has 1 N–H and O–H groups in total. The van der Waals surface area contributed by atoms with Crippen molar-refractivity contribution in [2.75, 3.05) is 12.4 Å². The maximum atomic E-state index is 11.4. The van der Waals surface area contributed by atoms with Crippen LogP contribution in [-0.4, -0.2) is 13.1 Å². The van der Waals surface area contributed by atoms with Crippen molar-refractivity contribution in [2.24, 2.45) is 0 Å². The summed E-state index contributed by atoms with van der Waals surface area (Å²) in [5.41, 5.74) is 0.430. The van der Waals surface area contributed by atoms with Crippen molar-refractivity contribution < 1.29 is 14.3 Å². The number of anilines is 1. The largest absolute Gasteiger partial charge is 0.465 e. The predicted octanol–water partition coefficient (Wildman–Crippen LogP) is 3.50. The number of nitriles is 3. The highest BCUT2D eigenvalue weighted by Crippen LogP contribution is 2.25. The van der Waals surface area contributed by atoms with Crippen molar-refractivity contribution in [3.8, 4) is 29.7 Å². The molecular formula is C19H12N4O3. The summed E-state index contributed by atoms with van der Waals surface area (Å²) in [5.74, 6) is 0.526. The smallest absolute Gasteiger partial charge is 0.337 e. The highest BCUT2D eigenvalue weighted by molar-refractivity contribution is 5.89. The van der Waals surface area contributed by atoms with Crippen LogP contribution in [0.25, 0.3) is 0 Å². The van der Waals surface area contributed by atoms with E-state index in [0.717, 1.165) is 0 Å². The second-order valence-corrected chi connectivity index (χ2v) is 4.86. The summed E-state index contributed by atoms with van der Waals surface area (Å²) in [6, 6.07) is 18.2. The van der Waals surface area contributed by atoms with Crippen molar-refractivity contribution in [3.05, 3.63) is 65.4 Å². The van der Waals surface area contributed by atoms with Gasteiger partial charge in [-0.05, 0) is 36.4 Å². The molecule has 0 heterocycles. The number of ether oxygens (including phenoxy) is 2. The lowest BCUT2D eigenvalue weighted by molar-refractivity contribution is 0.0600. The number of nitrogens with zero attached hydrogens (tertiary/aromatic N) is 3. The molecule has 0 atom stereocenters. The minimum absolute atomic E-state index is 0.144. The maximum Gasteiger partial charge on any atom is 0.337 e. The fourth-order valence-corrected chi connectivity index (χ4v) is 1.98. The Morgan fingerprint density at radius 1 is 0.962 bits per heavy atom. The molecule has 0 bridgehead atoms. The van der Waals surface area contributed by atoms with Crippen molar-refractivity contribution in [1.82, 2.24) is 0 Å². The van der Waals surface area contributed by atoms with Gasteiger partial charge < -0.3 is 14.8 Å². The van der Waals surface area contributed by atoms with Gasteiger partial charge in [-0.3, -0.25) is 0 Å². The summed E-state index contributed by atoms with van der Waals surface area (Å²) in [6.45, 7) is 0. The standard InChI is InChI=1S/C19H12N4O3/c1-25-19(24)13-5-7-16(8-6-13)26-17-4-2-3-15(9-17)23-18(12-22)14(10-20)11-21/h2-9,23H,1H3. The van der Waals surface area contributed by atoms with Gasteiger partial charge in [-0.25, -0.2) is 4.79 Å². The molecule has 0 aromatic heterocycles. The molecule has 0 spiro atoms. The molecule has 0 saturated carbocycles. The summed E-state index contributed by atoms with van der Waals surface area (Å²) < 4.78 is 10.3. The van der Waals surface area contributed by atoms with Gasteiger partial charge >= 0.3 is 5.97 Å². The van der Waals surface area contributed by atoms with Gasteiger partial charge in [0.05, 0.1) is 12.7 Å². The van der Waals surface area contributed by atoms with E-state index in [9.17, 15) is 4.79 Å². The van der Waals surface area contributed by atoms with E-state index in [1.54, 1.807) is 66.7 Å². The topological polar surface area (TPSA) is 119 Å². The van der Waals surface area contributed by atoms with Gasteiger partial charge in [0.1, 0.15) is 35.4 Å². The maximum absolute atomic E-state index is 11.4. The molecule has 7 nitrogen and oxygen atoms in total. The van der Waals surface area contributed by atoms with Crippen molar-refractivity contribution >= 4 is 11.7 Å². The molecule has 0 radical (unpaired) electrons. The Labute approximate surface area is 149 Å². The van der Waals surface area contributed by atoms with Crippen LogP contribution in [0.5, 0.6) is 11.5 Å². The van der Waals surface area contributed by atoms with Gasteiger partial charge in [0.2, 0.25) is 0 Å².